The van der Waals surface area contributed by atoms with Crippen LogP contribution in [-0.4, -0.2) is 24.0 Å². The molecule has 0 bridgehead atoms. The van der Waals surface area contributed by atoms with Gasteiger partial charge < -0.3 is 10.2 Å². The molecule has 1 aliphatic carbocycles. The van der Waals surface area contributed by atoms with Gasteiger partial charge in [-0.25, -0.2) is 0 Å². The van der Waals surface area contributed by atoms with Crippen LogP contribution in [-0.2, 0) is 0 Å². The van der Waals surface area contributed by atoms with E-state index in [9.17, 15) is 0 Å². The van der Waals surface area contributed by atoms with Gasteiger partial charge in [0.25, 0.3) is 0 Å². The minimum atomic E-state index is 0.702. The molecule has 0 aromatic heterocycles. The van der Waals surface area contributed by atoms with E-state index >= 15 is 0 Å². The van der Waals surface area contributed by atoms with E-state index in [1.54, 1.807) is 0 Å². The smallest absolute Gasteiger partial charge is 0.0940 e. The summed E-state index contributed by atoms with van der Waals surface area (Å²) in [5, 5.41) is 3.62. The van der Waals surface area contributed by atoms with Crippen LogP contribution in [0.5, 0.6) is 0 Å². The summed E-state index contributed by atoms with van der Waals surface area (Å²) in [6, 6.07) is 0.702. The van der Waals surface area contributed by atoms with Crippen LogP contribution in [0, 0.1) is 0 Å². The first kappa shape index (κ1) is 10.8. The van der Waals surface area contributed by atoms with Gasteiger partial charge in [0.05, 0.1) is 5.82 Å². The standard InChI is InChI=1S/C13H24N2/c1-12(15-10-6-3-7-11-15)14-13-8-4-2-5-9-13/h13-14H,1-11H2. The van der Waals surface area contributed by atoms with Crippen LogP contribution in [0.15, 0.2) is 12.4 Å². The Hall–Kier alpha value is -0.660. The highest BCUT2D eigenvalue weighted by Gasteiger charge is 2.17. The maximum absolute atomic E-state index is 4.19. The van der Waals surface area contributed by atoms with Gasteiger partial charge >= 0.3 is 0 Å². The lowest BCUT2D eigenvalue weighted by atomic mass is 9.95. The first-order valence-electron chi connectivity index (χ1n) is 6.56. The molecule has 0 spiro atoms. The lowest BCUT2D eigenvalue weighted by Gasteiger charge is -2.34. The second-order valence-corrected chi connectivity index (χ2v) is 4.97. The molecule has 1 saturated carbocycles. The summed E-state index contributed by atoms with van der Waals surface area (Å²) < 4.78 is 0. The van der Waals surface area contributed by atoms with Crippen molar-refractivity contribution in [2.75, 3.05) is 13.1 Å². The van der Waals surface area contributed by atoms with Crippen LogP contribution >= 0.6 is 0 Å². The van der Waals surface area contributed by atoms with Crippen LogP contribution in [0.4, 0.5) is 0 Å². The third kappa shape index (κ3) is 3.15. The maximum atomic E-state index is 4.19. The maximum Gasteiger partial charge on any atom is 0.0940 e. The van der Waals surface area contributed by atoms with Gasteiger partial charge in [-0.2, -0.15) is 0 Å². The highest BCUT2D eigenvalue weighted by Crippen LogP contribution is 2.19. The highest BCUT2D eigenvalue weighted by molar-refractivity contribution is 4.95. The topological polar surface area (TPSA) is 15.3 Å². The molecule has 86 valence electrons. The Bertz CT molecular complexity index is 201. The second kappa shape index (κ2) is 5.43. The molecular weight excluding hydrogens is 184 g/mol. The van der Waals surface area contributed by atoms with E-state index < -0.39 is 0 Å². The lowest BCUT2D eigenvalue weighted by molar-refractivity contribution is 0.251. The zero-order valence-electron chi connectivity index (χ0n) is 9.80. The number of nitrogens with one attached hydrogen (secondary N) is 1. The summed E-state index contributed by atoms with van der Waals surface area (Å²) in [4.78, 5) is 2.43. The summed E-state index contributed by atoms with van der Waals surface area (Å²) in [5.41, 5.74) is 0. The van der Waals surface area contributed by atoms with Crippen molar-refractivity contribution < 1.29 is 0 Å². The predicted molar refractivity (Wildman–Crippen MR) is 64.6 cm³/mol. The van der Waals surface area contributed by atoms with E-state index in [2.05, 4.69) is 16.8 Å². The molecule has 2 heteroatoms. The number of rotatable bonds is 3. The van der Waals surface area contributed by atoms with Crippen LogP contribution in [0.3, 0.4) is 0 Å². The van der Waals surface area contributed by atoms with Gasteiger partial charge in [-0.1, -0.05) is 25.8 Å². The van der Waals surface area contributed by atoms with Crippen molar-refractivity contribution in [3.63, 3.8) is 0 Å². The molecule has 1 saturated heterocycles. The zero-order chi connectivity index (χ0) is 10.5. The Kier molecular flexibility index (Phi) is 3.93. The van der Waals surface area contributed by atoms with Crippen molar-refractivity contribution in [2.24, 2.45) is 0 Å². The van der Waals surface area contributed by atoms with Crippen molar-refractivity contribution in [1.29, 1.82) is 0 Å². The molecule has 0 atom stereocenters. The van der Waals surface area contributed by atoms with Gasteiger partial charge in [-0.05, 0) is 32.1 Å². The molecule has 0 amide bonds. The highest BCUT2D eigenvalue weighted by atomic mass is 15.2. The SMILES string of the molecule is C=C(NC1CCCCC1)N1CCCCC1. The van der Waals surface area contributed by atoms with Gasteiger partial charge in [0.15, 0.2) is 0 Å². The molecule has 2 rings (SSSR count). The first-order chi connectivity index (χ1) is 7.36. The van der Waals surface area contributed by atoms with Gasteiger partial charge in [0.2, 0.25) is 0 Å². The summed E-state index contributed by atoms with van der Waals surface area (Å²) in [5.74, 6) is 1.18. The van der Waals surface area contributed by atoms with Gasteiger partial charge in [-0.3, -0.25) is 0 Å². The molecule has 15 heavy (non-hydrogen) atoms. The lowest BCUT2D eigenvalue weighted by Crippen LogP contribution is -2.40. The number of hydrogen-bond acceptors (Lipinski definition) is 2. The normalized spacial score (nSPS) is 23.9. The Morgan fingerprint density at radius 3 is 2.20 bits per heavy atom. The number of piperidine rings is 1. The van der Waals surface area contributed by atoms with E-state index in [4.69, 9.17) is 0 Å². The summed E-state index contributed by atoms with van der Waals surface area (Å²) >= 11 is 0. The van der Waals surface area contributed by atoms with E-state index in [1.807, 2.05) is 0 Å². The van der Waals surface area contributed by atoms with Crippen molar-refractivity contribution >= 4 is 0 Å². The van der Waals surface area contributed by atoms with Crippen LogP contribution < -0.4 is 5.32 Å². The molecule has 0 unspecified atom stereocenters. The van der Waals surface area contributed by atoms with Crippen molar-refractivity contribution in [2.45, 2.75) is 57.4 Å². The summed E-state index contributed by atoms with van der Waals surface area (Å²) in [6.45, 7) is 6.60. The fourth-order valence-corrected chi connectivity index (χ4v) is 2.74. The molecule has 1 N–H and O–H groups in total. The number of hydrogen-bond donors (Lipinski definition) is 1. The third-order valence-corrected chi connectivity index (χ3v) is 3.71. The average molecular weight is 208 g/mol. The van der Waals surface area contributed by atoms with Gasteiger partial charge in [0, 0.05) is 19.1 Å². The minimum Gasteiger partial charge on any atom is -0.370 e. The van der Waals surface area contributed by atoms with Crippen molar-refractivity contribution in [3.05, 3.63) is 12.4 Å². The fraction of sp³-hybridized carbons (Fsp3) is 0.846. The third-order valence-electron chi connectivity index (χ3n) is 3.71. The monoisotopic (exact) mass is 208 g/mol. The van der Waals surface area contributed by atoms with E-state index in [0.717, 1.165) is 0 Å². The van der Waals surface area contributed by atoms with Crippen LogP contribution in [0.1, 0.15) is 51.4 Å². The van der Waals surface area contributed by atoms with Crippen LogP contribution in [0.25, 0.3) is 0 Å². The number of nitrogens with zero attached hydrogens (tertiary/aromatic N) is 1. The Morgan fingerprint density at radius 1 is 0.933 bits per heavy atom. The first-order valence-corrected chi connectivity index (χ1v) is 6.56. The fourth-order valence-electron chi connectivity index (χ4n) is 2.74. The van der Waals surface area contributed by atoms with Crippen LogP contribution in [0.2, 0.25) is 0 Å². The summed E-state index contributed by atoms with van der Waals surface area (Å²) in [6.07, 6.45) is 11.0. The second-order valence-electron chi connectivity index (χ2n) is 4.97. The quantitative estimate of drug-likeness (QED) is 0.767. The number of likely N-dealkylation sites (tertiary alicyclic amines) is 1. The molecule has 0 aromatic carbocycles. The molecule has 2 nitrogen and oxygen atoms in total. The molecule has 2 fully saturated rings. The van der Waals surface area contributed by atoms with Gasteiger partial charge in [-0.15, -0.1) is 0 Å². The van der Waals surface area contributed by atoms with E-state index in [0.29, 0.717) is 6.04 Å². The largest absolute Gasteiger partial charge is 0.370 e. The van der Waals surface area contributed by atoms with Crippen molar-refractivity contribution in [1.82, 2.24) is 10.2 Å². The molecule has 2 aliphatic rings. The Morgan fingerprint density at radius 2 is 1.53 bits per heavy atom. The Labute approximate surface area is 93.7 Å². The zero-order valence-corrected chi connectivity index (χ0v) is 9.80. The van der Waals surface area contributed by atoms with Crippen molar-refractivity contribution in [3.8, 4) is 0 Å². The molecule has 0 aromatic rings. The molecule has 0 radical (unpaired) electrons. The molecular formula is C13H24N2. The average Bonchev–Trinajstić information content (AvgIpc) is 2.31. The predicted octanol–water partition coefficient (Wildman–Crippen LogP) is 2.87. The molecule has 1 heterocycles. The van der Waals surface area contributed by atoms with E-state index in [1.165, 1.54) is 70.3 Å². The summed E-state index contributed by atoms with van der Waals surface area (Å²) in [7, 11) is 0. The van der Waals surface area contributed by atoms with E-state index in [-0.39, 0.29) is 0 Å². The van der Waals surface area contributed by atoms with Gasteiger partial charge in [0.1, 0.15) is 0 Å². The molecule has 1 aliphatic heterocycles. The Balaban J connectivity index is 1.74. The minimum absolute atomic E-state index is 0.702.